The first-order chi connectivity index (χ1) is 13.4. The number of guanidine groups is 1. The fraction of sp³-hybridized carbons (Fsp3) is 0.435. The Bertz CT molecular complexity index is 835. The third-order valence-corrected chi connectivity index (χ3v) is 5.42. The van der Waals surface area contributed by atoms with E-state index in [-0.39, 0.29) is 5.41 Å². The minimum absolute atomic E-state index is 0.134. The predicted molar refractivity (Wildman–Crippen MR) is 115 cm³/mol. The molecule has 3 N–H and O–H groups in total. The summed E-state index contributed by atoms with van der Waals surface area (Å²) in [6, 6.07) is 12.6. The summed E-state index contributed by atoms with van der Waals surface area (Å²) in [7, 11) is 1.72. The Morgan fingerprint density at radius 1 is 1.07 bits per heavy atom. The van der Waals surface area contributed by atoms with Gasteiger partial charge in [-0.1, -0.05) is 23.8 Å². The lowest BCUT2D eigenvalue weighted by Crippen LogP contribution is -2.38. The molecule has 0 unspecified atom stereocenters. The molecule has 0 radical (unpaired) electrons. The zero-order valence-electron chi connectivity index (χ0n) is 17.3. The number of aryl methyl sites for hydroxylation is 3. The topological polar surface area (TPSA) is 68.9 Å². The molecule has 0 spiro atoms. The number of nitrogens with zero attached hydrogens (tertiary/aromatic N) is 1. The van der Waals surface area contributed by atoms with Gasteiger partial charge in [0.1, 0.15) is 5.75 Å². The van der Waals surface area contributed by atoms with E-state index in [0.29, 0.717) is 12.5 Å². The number of aliphatic imine (C=N–C) groups is 1. The molecule has 2 aromatic rings. The summed E-state index contributed by atoms with van der Waals surface area (Å²) in [5, 5.41) is 3.24. The van der Waals surface area contributed by atoms with Crippen LogP contribution in [0.3, 0.4) is 0 Å². The first-order valence-electron chi connectivity index (χ1n) is 9.80. The quantitative estimate of drug-likeness (QED) is 0.604. The summed E-state index contributed by atoms with van der Waals surface area (Å²) in [6.45, 7) is 8.29. The van der Waals surface area contributed by atoms with E-state index in [4.69, 9.17) is 20.2 Å². The van der Waals surface area contributed by atoms with Gasteiger partial charge in [0.2, 0.25) is 0 Å². The second-order valence-corrected chi connectivity index (χ2v) is 7.80. The number of nitrogens with one attached hydrogen (secondary N) is 1. The molecule has 5 nitrogen and oxygen atoms in total. The van der Waals surface area contributed by atoms with Gasteiger partial charge in [-0.2, -0.15) is 0 Å². The van der Waals surface area contributed by atoms with Crippen LogP contribution in [-0.2, 0) is 10.2 Å². The number of benzene rings is 2. The number of hydrogen-bond donors (Lipinski definition) is 2. The van der Waals surface area contributed by atoms with Gasteiger partial charge >= 0.3 is 0 Å². The fourth-order valence-electron chi connectivity index (χ4n) is 3.98. The summed E-state index contributed by atoms with van der Waals surface area (Å²) >= 11 is 0. The maximum atomic E-state index is 6.24. The van der Waals surface area contributed by atoms with E-state index >= 15 is 0 Å². The van der Waals surface area contributed by atoms with Gasteiger partial charge in [-0.3, -0.25) is 4.99 Å². The van der Waals surface area contributed by atoms with Crippen molar-refractivity contribution in [2.45, 2.75) is 39.0 Å². The zero-order chi connectivity index (χ0) is 20.1. The lowest BCUT2D eigenvalue weighted by atomic mass is 9.73. The van der Waals surface area contributed by atoms with E-state index in [0.717, 1.165) is 37.5 Å². The highest BCUT2D eigenvalue weighted by molar-refractivity contribution is 5.92. The van der Waals surface area contributed by atoms with Crippen molar-refractivity contribution in [3.63, 3.8) is 0 Å². The first kappa shape index (κ1) is 20.2. The first-order valence-corrected chi connectivity index (χ1v) is 9.80. The van der Waals surface area contributed by atoms with Crippen LogP contribution < -0.4 is 15.8 Å². The molecule has 0 aromatic heterocycles. The predicted octanol–water partition coefficient (Wildman–Crippen LogP) is 4.10. The molecule has 1 aliphatic rings. The van der Waals surface area contributed by atoms with E-state index in [9.17, 15) is 0 Å². The molecule has 0 amide bonds. The lowest BCUT2D eigenvalue weighted by Gasteiger charge is -2.37. The Kier molecular flexibility index (Phi) is 6.25. The molecule has 1 heterocycles. The summed E-state index contributed by atoms with van der Waals surface area (Å²) in [4.78, 5) is 4.73. The van der Waals surface area contributed by atoms with Gasteiger partial charge in [-0.05, 0) is 62.9 Å². The minimum Gasteiger partial charge on any atom is -0.496 e. The van der Waals surface area contributed by atoms with Crippen LogP contribution in [-0.4, -0.2) is 32.8 Å². The van der Waals surface area contributed by atoms with E-state index < -0.39 is 0 Å². The fourth-order valence-corrected chi connectivity index (χ4v) is 3.98. The van der Waals surface area contributed by atoms with Gasteiger partial charge in [-0.15, -0.1) is 0 Å². The Morgan fingerprint density at radius 3 is 2.39 bits per heavy atom. The second-order valence-electron chi connectivity index (χ2n) is 7.80. The van der Waals surface area contributed by atoms with Crippen molar-refractivity contribution < 1.29 is 9.47 Å². The second kappa shape index (κ2) is 8.65. The Balaban J connectivity index is 1.86. The van der Waals surface area contributed by atoms with E-state index in [2.05, 4.69) is 56.4 Å². The van der Waals surface area contributed by atoms with Crippen molar-refractivity contribution in [1.82, 2.24) is 0 Å². The maximum absolute atomic E-state index is 6.24. The molecular weight excluding hydrogens is 350 g/mol. The maximum Gasteiger partial charge on any atom is 0.193 e. The number of ether oxygens (including phenoxy) is 2. The van der Waals surface area contributed by atoms with Crippen molar-refractivity contribution in [1.29, 1.82) is 0 Å². The lowest BCUT2D eigenvalue weighted by molar-refractivity contribution is 0.0523. The van der Waals surface area contributed by atoms with E-state index in [1.807, 2.05) is 6.07 Å². The molecule has 28 heavy (non-hydrogen) atoms. The van der Waals surface area contributed by atoms with Crippen LogP contribution >= 0.6 is 0 Å². The average Bonchev–Trinajstić information content (AvgIpc) is 2.66. The normalized spacial score (nSPS) is 16.6. The molecule has 0 bridgehead atoms. The SMILES string of the molecule is COc1ccc(C)cc1C1(CN=C(N)Nc2cc(C)cc(C)c2)CCOCC1. The van der Waals surface area contributed by atoms with Crippen LogP contribution in [0.4, 0.5) is 5.69 Å². The molecule has 3 rings (SSSR count). The van der Waals surface area contributed by atoms with Gasteiger partial charge in [0.25, 0.3) is 0 Å². The van der Waals surface area contributed by atoms with Crippen molar-refractivity contribution >= 4 is 11.6 Å². The highest BCUT2D eigenvalue weighted by atomic mass is 16.5. The van der Waals surface area contributed by atoms with Gasteiger partial charge < -0.3 is 20.5 Å². The van der Waals surface area contributed by atoms with Crippen LogP contribution in [0.25, 0.3) is 0 Å². The molecule has 0 atom stereocenters. The number of methoxy groups -OCH3 is 1. The van der Waals surface area contributed by atoms with Gasteiger partial charge in [0.15, 0.2) is 5.96 Å². The van der Waals surface area contributed by atoms with Gasteiger partial charge in [0, 0.05) is 29.9 Å². The van der Waals surface area contributed by atoms with Crippen molar-refractivity contribution in [2.24, 2.45) is 10.7 Å². The van der Waals surface area contributed by atoms with Crippen LogP contribution in [0.2, 0.25) is 0 Å². The Morgan fingerprint density at radius 2 is 1.75 bits per heavy atom. The highest BCUT2D eigenvalue weighted by Gasteiger charge is 2.37. The summed E-state index contributed by atoms with van der Waals surface area (Å²) in [5.74, 6) is 1.34. The number of hydrogen-bond acceptors (Lipinski definition) is 3. The van der Waals surface area contributed by atoms with Crippen molar-refractivity contribution in [3.05, 3.63) is 58.7 Å². The number of anilines is 1. The molecule has 1 saturated heterocycles. The molecule has 0 saturated carbocycles. The smallest absolute Gasteiger partial charge is 0.193 e. The molecule has 150 valence electrons. The van der Waals surface area contributed by atoms with E-state index in [1.54, 1.807) is 7.11 Å². The standard InChI is InChI=1S/C23H31N3O2/c1-16-5-6-21(27-4)20(14-16)23(7-9-28-10-8-23)15-25-22(24)26-19-12-17(2)11-18(3)13-19/h5-6,11-14H,7-10,15H2,1-4H3,(H3,24,25,26). The largest absolute Gasteiger partial charge is 0.496 e. The molecule has 0 aliphatic carbocycles. The van der Waals surface area contributed by atoms with E-state index in [1.165, 1.54) is 22.3 Å². The molecule has 1 fully saturated rings. The monoisotopic (exact) mass is 381 g/mol. The minimum atomic E-state index is -0.134. The van der Waals surface area contributed by atoms with Crippen LogP contribution in [0.5, 0.6) is 5.75 Å². The molecule has 5 heteroatoms. The van der Waals surface area contributed by atoms with Crippen LogP contribution in [0.1, 0.15) is 35.1 Å². The summed E-state index contributed by atoms with van der Waals surface area (Å²) < 4.78 is 11.3. The Hall–Kier alpha value is -2.53. The highest BCUT2D eigenvalue weighted by Crippen LogP contribution is 2.40. The van der Waals surface area contributed by atoms with Crippen LogP contribution in [0.15, 0.2) is 41.4 Å². The third kappa shape index (κ3) is 4.65. The Labute approximate surface area is 168 Å². The molecule has 2 aromatic carbocycles. The summed E-state index contributed by atoms with van der Waals surface area (Å²) in [6.07, 6.45) is 1.79. The third-order valence-electron chi connectivity index (χ3n) is 5.42. The molecular formula is C23H31N3O2. The van der Waals surface area contributed by atoms with Crippen molar-refractivity contribution in [2.75, 3.05) is 32.2 Å². The van der Waals surface area contributed by atoms with Crippen molar-refractivity contribution in [3.8, 4) is 5.75 Å². The zero-order valence-corrected chi connectivity index (χ0v) is 17.3. The summed E-state index contributed by atoms with van der Waals surface area (Å²) in [5.41, 5.74) is 11.9. The number of nitrogens with two attached hydrogens (primary N) is 1. The molecule has 1 aliphatic heterocycles. The average molecular weight is 382 g/mol. The van der Waals surface area contributed by atoms with Gasteiger partial charge in [0.05, 0.1) is 13.7 Å². The number of rotatable bonds is 5. The van der Waals surface area contributed by atoms with Gasteiger partial charge in [-0.25, -0.2) is 0 Å². The van der Waals surface area contributed by atoms with Crippen LogP contribution in [0, 0.1) is 20.8 Å².